The van der Waals surface area contributed by atoms with Crippen LogP contribution in [0.25, 0.3) is 0 Å². The van der Waals surface area contributed by atoms with E-state index in [4.69, 9.17) is 5.11 Å². The minimum Gasteiger partial charge on any atom is -0.475 e. The van der Waals surface area contributed by atoms with Gasteiger partial charge in [0.25, 0.3) is 5.78 Å². The van der Waals surface area contributed by atoms with E-state index in [1.165, 1.54) is 0 Å². The van der Waals surface area contributed by atoms with Crippen LogP contribution in [0.15, 0.2) is 18.2 Å². The Hall–Kier alpha value is -0.180. The topological polar surface area (TPSA) is 54.4 Å². The molecule has 0 saturated carbocycles. The molecule has 5 heteroatoms. The summed E-state index contributed by atoms with van der Waals surface area (Å²) in [5, 5.41) is 8.46. The van der Waals surface area contributed by atoms with Gasteiger partial charge in [0, 0.05) is 12.7 Å². The normalized spacial score (nSPS) is 9.69. The Morgan fingerprint density at radius 3 is 1.92 bits per heavy atom. The van der Waals surface area contributed by atoms with Gasteiger partial charge in [0.1, 0.15) is 0 Å². The number of hydrogen-bond acceptors (Lipinski definition) is 2. The maximum Gasteiger partial charge on any atom is 0.377 e. The first-order valence-electron chi connectivity index (χ1n) is 3.24. The van der Waals surface area contributed by atoms with E-state index in [0.717, 1.165) is 7.14 Å². The zero-order chi connectivity index (χ0) is 10.0. The highest BCUT2D eigenvalue weighted by Gasteiger charge is 2.14. The molecule has 0 spiro atoms. The van der Waals surface area contributed by atoms with Crippen LogP contribution in [0.2, 0.25) is 0 Å². The summed E-state index contributed by atoms with van der Waals surface area (Å²) in [6, 6.07) is 4.97. The molecule has 13 heavy (non-hydrogen) atoms. The molecule has 0 aromatic heterocycles. The molecule has 0 heterocycles. The molecule has 0 bridgehead atoms. The molecule has 0 amide bonds. The van der Waals surface area contributed by atoms with Crippen molar-refractivity contribution in [2.24, 2.45) is 0 Å². The van der Waals surface area contributed by atoms with Crippen LogP contribution in [0.3, 0.4) is 0 Å². The van der Waals surface area contributed by atoms with E-state index in [9.17, 15) is 9.59 Å². The van der Waals surface area contributed by atoms with Crippen LogP contribution in [-0.4, -0.2) is 16.9 Å². The molecular weight excluding hydrogens is 398 g/mol. The average Bonchev–Trinajstić information content (AvgIpc) is 2.01. The molecule has 0 saturated heterocycles. The summed E-state index contributed by atoms with van der Waals surface area (Å²) in [6.45, 7) is 0. The molecule has 1 rings (SSSR count). The molecule has 1 aromatic carbocycles. The van der Waals surface area contributed by atoms with E-state index in [0.29, 0.717) is 0 Å². The second-order valence-electron chi connectivity index (χ2n) is 2.29. The second-order valence-corrected chi connectivity index (χ2v) is 4.78. The Labute approximate surface area is 102 Å². The summed E-state index contributed by atoms with van der Waals surface area (Å²) in [5.41, 5.74) is 0.226. The highest BCUT2D eigenvalue weighted by atomic mass is 127. The largest absolute Gasteiger partial charge is 0.475 e. The predicted octanol–water partition coefficient (Wildman–Crippen LogP) is 2.16. The van der Waals surface area contributed by atoms with Crippen molar-refractivity contribution in [2.45, 2.75) is 0 Å². The zero-order valence-corrected chi connectivity index (χ0v) is 10.6. The number of ketones is 1. The number of carbonyl (C=O) groups is 2. The smallest absolute Gasteiger partial charge is 0.377 e. The van der Waals surface area contributed by atoms with Gasteiger partial charge >= 0.3 is 5.97 Å². The van der Waals surface area contributed by atoms with E-state index in [1.807, 2.05) is 51.2 Å². The minimum absolute atomic E-state index is 0.226. The Balaban J connectivity index is 3.15. The first-order valence-corrected chi connectivity index (χ1v) is 5.40. The monoisotopic (exact) mass is 402 g/mol. The Morgan fingerprint density at radius 1 is 1.08 bits per heavy atom. The molecule has 0 aliphatic carbocycles. The minimum atomic E-state index is -1.42. The first-order chi connectivity index (χ1) is 6.00. The van der Waals surface area contributed by atoms with Crippen LogP contribution in [0.5, 0.6) is 0 Å². The van der Waals surface area contributed by atoms with Crippen molar-refractivity contribution in [3.8, 4) is 0 Å². The molecule has 0 unspecified atom stereocenters. The third kappa shape index (κ3) is 2.90. The molecule has 0 aliphatic rings. The highest BCUT2D eigenvalue weighted by Crippen LogP contribution is 2.14. The summed E-state index contributed by atoms with van der Waals surface area (Å²) in [7, 11) is 0. The molecule has 0 radical (unpaired) electrons. The standard InChI is InChI=1S/C8H4I2O3/c9-5-1-4(2-6(10)3-5)7(11)8(12)13/h1-3H,(H,12,13). The number of rotatable bonds is 2. The van der Waals surface area contributed by atoms with Crippen LogP contribution in [0.1, 0.15) is 10.4 Å². The fourth-order valence-corrected chi connectivity index (χ4v) is 2.75. The maximum absolute atomic E-state index is 11.0. The van der Waals surface area contributed by atoms with E-state index in [1.54, 1.807) is 12.1 Å². The summed E-state index contributed by atoms with van der Waals surface area (Å²) in [6.07, 6.45) is 0. The predicted molar refractivity (Wildman–Crippen MR) is 63.8 cm³/mol. The number of benzene rings is 1. The molecule has 1 N–H and O–H groups in total. The Bertz CT molecular complexity index is 353. The summed E-state index contributed by atoms with van der Waals surface area (Å²) >= 11 is 4.08. The number of carboxylic acids is 1. The van der Waals surface area contributed by atoms with Crippen molar-refractivity contribution in [3.63, 3.8) is 0 Å². The van der Waals surface area contributed by atoms with Crippen molar-refractivity contribution < 1.29 is 14.7 Å². The van der Waals surface area contributed by atoms with Gasteiger partial charge in [-0.15, -0.1) is 0 Å². The van der Waals surface area contributed by atoms with E-state index < -0.39 is 11.8 Å². The van der Waals surface area contributed by atoms with Gasteiger partial charge in [-0.1, -0.05) is 0 Å². The number of carboxylic acid groups (broad SMARTS) is 1. The van der Waals surface area contributed by atoms with Gasteiger partial charge < -0.3 is 5.11 Å². The maximum atomic E-state index is 11.0. The second kappa shape index (κ2) is 4.36. The molecular formula is C8H4I2O3. The van der Waals surface area contributed by atoms with Gasteiger partial charge in [-0.25, -0.2) is 4.79 Å². The van der Waals surface area contributed by atoms with Gasteiger partial charge in [-0.2, -0.15) is 0 Å². The van der Waals surface area contributed by atoms with Crippen molar-refractivity contribution in [2.75, 3.05) is 0 Å². The lowest BCUT2D eigenvalue weighted by molar-refractivity contribution is -0.131. The van der Waals surface area contributed by atoms with E-state index in [2.05, 4.69) is 0 Å². The number of Topliss-reactive ketones (excluding diaryl/α,β-unsaturated/α-hetero) is 1. The third-order valence-electron chi connectivity index (χ3n) is 1.32. The van der Waals surface area contributed by atoms with Gasteiger partial charge in [0.05, 0.1) is 0 Å². The van der Waals surface area contributed by atoms with E-state index in [-0.39, 0.29) is 5.56 Å². The Kier molecular flexibility index (Phi) is 3.65. The first kappa shape index (κ1) is 10.9. The lowest BCUT2D eigenvalue weighted by Gasteiger charge is -1.98. The van der Waals surface area contributed by atoms with Crippen molar-refractivity contribution in [1.82, 2.24) is 0 Å². The lowest BCUT2D eigenvalue weighted by atomic mass is 10.1. The number of carbonyl (C=O) groups excluding carboxylic acids is 1. The summed E-state index contributed by atoms with van der Waals surface area (Å²) in [4.78, 5) is 21.4. The fraction of sp³-hybridized carbons (Fsp3) is 0. The molecule has 68 valence electrons. The lowest BCUT2D eigenvalue weighted by Crippen LogP contribution is -2.12. The summed E-state index contributed by atoms with van der Waals surface area (Å²) < 4.78 is 1.71. The number of halogens is 2. The molecule has 3 nitrogen and oxygen atoms in total. The zero-order valence-electron chi connectivity index (χ0n) is 6.25. The van der Waals surface area contributed by atoms with Crippen LogP contribution in [0, 0.1) is 7.14 Å². The van der Waals surface area contributed by atoms with Crippen LogP contribution in [0.4, 0.5) is 0 Å². The average molecular weight is 402 g/mol. The van der Waals surface area contributed by atoms with Crippen LogP contribution < -0.4 is 0 Å². The molecule has 1 aromatic rings. The highest BCUT2D eigenvalue weighted by molar-refractivity contribution is 14.1. The molecule has 0 fully saturated rings. The van der Waals surface area contributed by atoms with Gasteiger partial charge in [-0.05, 0) is 63.4 Å². The number of hydrogen-bond donors (Lipinski definition) is 1. The Morgan fingerprint density at radius 2 is 1.54 bits per heavy atom. The quantitative estimate of drug-likeness (QED) is 0.469. The van der Waals surface area contributed by atoms with Crippen molar-refractivity contribution in [3.05, 3.63) is 30.9 Å². The van der Waals surface area contributed by atoms with Gasteiger partial charge in [0.2, 0.25) is 0 Å². The summed E-state index contributed by atoms with van der Waals surface area (Å²) in [5.74, 6) is -2.28. The molecule has 0 aliphatic heterocycles. The molecule has 0 atom stereocenters. The van der Waals surface area contributed by atoms with Crippen molar-refractivity contribution >= 4 is 56.9 Å². The van der Waals surface area contributed by atoms with Gasteiger partial charge in [0.15, 0.2) is 0 Å². The SMILES string of the molecule is O=C(O)C(=O)c1cc(I)cc(I)c1. The van der Waals surface area contributed by atoms with E-state index >= 15 is 0 Å². The van der Waals surface area contributed by atoms with Crippen LogP contribution >= 0.6 is 45.2 Å². The number of aliphatic carboxylic acids is 1. The van der Waals surface area contributed by atoms with Gasteiger partial charge in [-0.3, -0.25) is 4.79 Å². The van der Waals surface area contributed by atoms with Crippen molar-refractivity contribution in [1.29, 1.82) is 0 Å². The van der Waals surface area contributed by atoms with Crippen LogP contribution in [-0.2, 0) is 4.79 Å². The third-order valence-corrected chi connectivity index (χ3v) is 2.56. The fourth-order valence-electron chi connectivity index (χ4n) is 0.808.